The fourth-order valence-corrected chi connectivity index (χ4v) is 4.21. The number of nitrogens with one attached hydrogen (secondary N) is 2. The van der Waals surface area contributed by atoms with Gasteiger partial charge >= 0.3 is 6.09 Å². The molecule has 0 spiro atoms. The quantitative estimate of drug-likeness (QED) is 0.298. The number of rotatable bonds is 7. The summed E-state index contributed by atoms with van der Waals surface area (Å²) in [5.41, 5.74) is 2.57. The normalized spacial score (nSPS) is 11.0. The average molecular weight is 506 g/mol. The molecule has 0 fully saturated rings. The number of aromatic nitrogens is 3. The summed E-state index contributed by atoms with van der Waals surface area (Å²) in [6.45, 7) is 5.40. The van der Waals surface area contributed by atoms with Crippen molar-refractivity contribution in [1.29, 1.82) is 0 Å². The number of amides is 1. The number of benzene rings is 2. The van der Waals surface area contributed by atoms with Crippen LogP contribution in [0.2, 0.25) is 0 Å². The number of carbonyl (C=O) groups is 1. The highest BCUT2D eigenvalue weighted by molar-refractivity contribution is 7.18. The highest BCUT2D eigenvalue weighted by atomic mass is 32.1. The van der Waals surface area contributed by atoms with Gasteiger partial charge in [-0.25, -0.2) is 9.78 Å². The number of methoxy groups -OCH3 is 2. The van der Waals surface area contributed by atoms with E-state index in [-0.39, 0.29) is 0 Å². The van der Waals surface area contributed by atoms with Crippen molar-refractivity contribution in [2.75, 3.05) is 24.9 Å². The van der Waals surface area contributed by atoms with Gasteiger partial charge in [0.2, 0.25) is 5.13 Å². The molecule has 186 valence electrons. The zero-order chi connectivity index (χ0) is 25.7. The van der Waals surface area contributed by atoms with Crippen LogP contribution in [-0.2, 0) is 4.74 Å². The van der Waals surface area contributed by atoms with E-state index < -0.39 is 11.7 Å². The molecule has 2 aromatic heterocycles. The molecule has 4 aromatic rings. The van der Waals surface area contributed by atoms with Gasteiger partial charge in [0, 0.05) is 29.1 Å². The van der Waals surface area contributed by atoms with Crippen molar-refractivity contribution in [2.45, 2.75) is 26.4 Å². The maximum absolute atomic E-state index is 12.3. The van der Waals surface area contributed by atoms with Gasteiger partial charge in [0.05, 0.1) is 14.2 Å². The van der Waals surface area contributed by atoms with Gasteiger partial charge in [-0.2, -0.15) is 0 Å². The van der Waals surface area contributed by atoms with Crippen LogP contribution in [0.5, 0.6) is 11.5 Å². The van der Waals surface area contributed by atoms with Gasteiger partial charge in [0.25, 0.3) is 0 Å². The van der Waals surface area contributed by atoms with Crippen LogP contribution in [0.25, 0.3) is 21.7 Å². The molecule has 2 aromatic carbocycles. The van der Waals surface area contributed by atoms with E-state index in [1.54, 1.807) is 53.3 Å². The zero-order valence-electron chi connectivity index (χ0n) is 20.7. The van der Waals surface area contributed by atoms with Gasteiger partial charge < -0.3 is 19.5 Å². The van der Waals surface area contributed by atoms with Gasteiger partial charge in [-0.3, -0.25) is 5.32 Å². The molecule has 0 aliphatic carbocycles. The highest BCUT2D eigenvalue weighted by Crippen LogP contribution is 2.44. The fourth-order valence-electron chi connectivity index (χ4n) is 3.43. The number of para-hydroxylation sites is 1. The van der Waals surface area contributed by atoms with Crippen LogP contribution in [0.1, 0.15) is 20.8 Å². The van der Waals surface area contributed by atoms with E-state index in [4.69, 9.17) is 14.2 Å². The lowest BCUT2D eigenvalue weighted by Gasteiger charge is -2.19. The molecule has 2 N–H and O–H groups in total. The summed E-state index contributed by atoms with van der Waals surface area (Å²) in [6, 6.07) is 17.0. The van der Waals surface area contributed by atoms with E-state index >= 15 is 0 Å². The molecule has 0 saturated heterocycles. The van der Waals surface area contributed by atoms with Gasteiger partial charge in [-0.05, 0) is 56.7 Å². The first-order valence-corrected chi connectivity index (χ1v) is 12.0. The molecule has 10 heteroatoms. The summed E-state index contributed by atoms with van der Waals surface area (Å²) in [5.74, 6) is 1.53. The summed E-state index contributed by atoms with van der Waals surface area (Å²) < 4.78 is 16.6. The second-order valence-electron chi connectivity index (χ2n) is 8.71. The third-order valence-electron chi connectivity index (χ3n) is 4.89. The lowest BCUT2D eigenvalue weighted by Crippen LogP contribution is -2.27. The van der Waals surface area contributed by atoms with E-state index in [1.807, 2.05) is 42.5 Å². The molecule has 0 bridgehead atoms. The number of anilines is 3. The molecule has 0 atom stereocenters. The first-order chi connectivity index (χ1) is 17.3. The fraction of sp³-hybridized carbons (Fsp3) is 0.231. The van der Waals surface area contributed by atoms with E-state index in [0.29, 0.717) is 27.5 Å². The van der Waals surface area contributed by atoms with E-state index in [0.717, 1.165) is 22.4 Å². The van der Waals surface area contributed by atoms with Crippen LogP contribution in [0.3, 0.4) is 0 Å². The molecule has 0 aliphatic heterocycles. The largest absolute Gasteiger partial charge is 0.497 e. The molecule has 9 nitrogen and oxygen atoms in total. The Morgan fingerprint density at radius 3 is 2.44 bits per heavy atom. The predicted octanol–water partition coefficient (Wildman–Crippen LogP) is 6.37. The first-order valence-electron chi connectivity index (χ1n) is 11.1. The van der Waals surface area contributed by atoms with Crippen molar-refractivity contribution < 1.29 is 19.0 Å². The third-order valence-corrected chi connectivity index (χ3v) is 5.76. The topological polar surface area (TPSA) is 107 Å². The Labute approximate surface area is 213 Å². The number of nitrogens with zero attached hydrogens (tertiary/aromatic N) is 3. The van der Waals surface area contributed by atoms with Crippen molar-refractivity contribution in [3.05, 3.63) is 60.8 Å². The standard InChI is InChI=1S/C26H27N5O4S/c1-26(2,3)35-25(32)29-21-13-16(11-12-27-21)22-19(14-18(33-4)15-20(22)34-5)23-30-31-24(36-23)28-17-9-7-6-8-10-17/h6-15H,1-5H3,(H,28,31)(H,27,29,32). The lowest BCUT2D eigenvalue weighted by atomic mass is 9.99. The molecule has 4 rings (SSSR count). The second kappa shape index (κ2) is 10.6. The Bertz CT molecular complexity index is 1350. The minimum atomic E-state index is -0.628. The summed E-state index contributed by atoms with van der Waals surface area (Å²) in [4.78, 5) is 16.6. The van der Waals surface area contributed by atoms with Gasteiger partial charge in [-0.15, -0.1) is 10.2 Å². The van der Waals surface area contributed by atoms with Gasteiger partial charge in [0.15, 0.2) is 0 Å². The molecular formula is C26H27N5O4S. The molecule has 0 radical (unpaired) electrons. The Morgan fingerprint density at radius 1 is 0.972 bits per heavy atom. The summed E-state index contributed by atoms with van der Waals surface area (Å²) >= 11 is 1.40. The minimum Gasteiger partial charge on any atom is -0.497 e. The van der Waals surface area contributed by atoms with Crippen LogP contribution in [0, 0.1) is 0 Å². The third kappa shape index (κ3) is 6.08. The molecule has 36 heavy (non-hydrogen) atoms. The van der Waals surface area contributed by atoms with Crippen LogP contribution in [0.4, 0.5) is 21.4 Å². The van der Waals surface area contributed by atoms with Crippen molar-refractivity contribution >= 4 is 34.1 Å². The Kier molecular flexibility index (Phi) is 7.35. The summed E-state index contributed by atoms with van der Waals surface area (Å²) in [6.07, 6.45) is 1.02. The Hall–Kier alpha value is -4.18. The summed E-state index contributed by atoms with van der Waals surface area (Å²) in [5, 5.41) is 16.0. The van der Waals surface area contributed by atoms with Crippen LogP contribution in [0.15, 0.2) is 60.8 Å². The van der Waals surface area contributed by atoms with Gasteiger partial charge in [0.1, 0.15) is 27.9 Å². The van der Waals surface area contributed by atoms with Crippen LogP contribution >= 0.6 is 11.3 Å². The first kappa shape index (κ1) is 24.9. The molecule has 2 heterocycles. The van der Waals surface area contributed by atoms with Crippen molar-refractivity contribution in [3.8, 4) is 33.2 Å². The van der Waals surface area contributed by atoms with E-state index in [1.165, 1.54) is 11.3 Å². The minimum absolute atomic E-state index is 0.342. The predicted molar refractivity (Wildman–Crippen MR) is 141 cm³/mol. The number of hydrogen-bond acceptors (Lipinski definition) is 9. The SMILES string of the molecule is COc1cc(OC)c(-c2ccnc(NC(=O)OC(C)(C)C)c2)c(-c2nnc(Nc3ccccc3)s2)c1. The van der Waals surface area contributed by atoms with Crippen molar-refractivity contribution in [3.63, 3.8) is 0 Å². The molecular weight excluding hydrogens is 478 g/mol. The van der Waals surface area contributed by atoms with E-state index in [2.05, 4.69) is 25.8 Å². The maximum Gasteiger partial charge on any atom is 0.413 e. The Morgan fingerprint density at radius 2 is 1.75 bits per heavy atom. The molecule has 1 amide bonds. The van der Waals surface area contributed by atoms with E-state index in [9.17, 15) is 4.79 Å². The molecule has 0 unspecified atom stereocenters. The highest BCUT2D eigenvalue weighted by Gasteiger charge is 2.21. The lowest BCUT2D eigenvalue weighted by molar-refractivity contribution is 0.0635. The number of carbonyl (C=O) groups excluding carboxylic acids is 1. The molecule has 0 saturated carbocycles. The van der Waals surface area contributed by atoms with Crippen LogP contribution < -0.4 is 20.1 Å². The van der Waals surface area contributed by atoms with Crippen molar-refractivity contribution in [2.24, 2.45) is 0 Å². The number of ether oxygens (including phenoxy) is 3. The molecule has 0 aliphatic rings. The monoisotopic (exact) mass is 505 g/mol. The Balaban J connectivity index is 1.73. The maximum atomic E-state index is 12.3. The van der Waals surface area contributed by atoms with Gasteiger partial charge in [-0.1, -0.05) is 29.5 Å². The second-order valence-corrected chi connectivity index (χ2v) is 9.69. The van der Waals surface area contributed by atoms with Crippen LogP contribution in [-0.4, -0.2) is 41.1 Å². The smallest absolute Gasteiger partial charge is 0.413 e. The number of pyridine rings is 1. The number of hydrogen-bond donors (Lipinski definition) is 2. The van der Waals surface area contributed by atoms with Crippen molar-refractivity contribution in [1.82, 2.24) is 15.2 Å². The zero-order valence-corrected chi connectivity index (χ0v) is 21.5. The average Bonchev–Trinajstić information content (AvgIpc) is 3.31. The summed E-state index contributed by atoms with van der Waals surface area (Å²) in [7, 11) is 3.18.